The van der Waals surface area contributed by atoms with Gasteiger partial charge in [0.2, 0.25) is 0 Å². The third-order valence-corrected chi connectivity index (χ3v) is 3.42. The molecule has 0 fully saturated rings. The maximum absolute atomic E-state index is 13.6. The predicted molar refractivity (Wildman–Crippen MR) is 67.6 cm³/mol. The van der Waals surface area contributed by atoms with Crippen molar-refractivity contribution in [3.8, 4) is 0 Å². The van der Waals surface area contributed by atoms with E-state index in [-0.39, 0.29) is 11.9 Å². The van der Waals surface area contributed by atoms with E-state index in [0.29, 0.717) is 0 Å². The molecule has 1 heterocycles. The Morgan fingerprint density at radius 3 is 2.71 bits per heavy atom. The highest BCUT2D eigenvalue weighted by Crippen LogP contribution is 2.36. The quantitative estimate of drug-likeness (QED) is 0.780. The lowest BCUT2D eigenvalue weighted by atomic mass is 9.98. The molecule has 1 aliphatic rings. The van der Waals surface area contributed by atoms with Gasteiger partial charge in [0.05, 0.1) is 6.04 Å². The average Bonchev–Trinajstić information content (AvgIpc) is 2.75. The van der Waals surface area contributed by atoms with Crippen LogP contribution in [0.15, 0.2) is 42.5 Å². The number of nitrogens with one attached hydrogen (secondary N) is 1. The van der Waals surface area contributed by atoms with Gasteiger partial charge in [-0.05, 0) is 30.2 Å². The topological polar surface area (TPSA) is 12.0 Å². The van der Waals surface area contributed by atoms with Gasteiger partial charge in [-0.3, -0.25) is 0 Å². The predicted octanol–water partition coefficient (Wildman–Crippen LogP) is 3.84. The van der Waals surface area contributed by atoms with Crippen LogP contribution in [0.4, 0.5) is 10.1 Å². The molecule has 0 aromatic heterocycles. The lowest BCUT2D eigenvalue weighted by molar-refractivity contribution is 0.610. The molecule has 2 aromatic rings. The molecule has 0 bridgehead atoms. The molecule has 1 unspecified atom stereocenters. The molecule has 1 nitrogen and oxygen atoms in total. The Hall–Kier alpha value is -1.83. The summed E-state index contributed by atoms with van der Waals surface area (Å²) in [5.74, 6) is -0.105. The highest BCUT2D eigenvalue weighted by Gasteiger charge is 2.25. The Bertz CT molecular complexity index is 563. The van der Waals surface area contributed by atoms with E-state index in [4.69, 9.17) is 0 Å². The van der Waals surface area contributed by atoms with E-state index in [1.165, 1.54) is 17.2 Å². The third kappa shape index (κ3) is 1.70. The Balaban J connectivity index is 1.97. The van der Waals surface area contributed by atoms with Crippen molar-refractivity contribution in [2.45, 2.75) is 19.4 Å². The molecule has 1 atom stereocenters. The minimum atomic E-state index is -0.105. The Labute approximate surface area is 100 Å². The molecule has 0 aliphatic carbocycles. The molecular formula is C15H14FN. The SMILES string of the molecule is Cc1ccccc1C1Cc2c(F)cccc2N1. The summed E-state index contributed by atoms with van der Waals surface area (Å²) in [5.41, 5.74) is 4.24. The van der Waals surface area contributed by atoms with E-state index in [1.54, 1.807) is 6.07 Å². The summed E-state index contributed by atoms with van der Waals surface area (Å²) < 4.78 is 13.6. The van der Waals surface area contributed by atoms with E-state index in [2.05, 4.69) is 24.4 Å². The van der Waals surface area contributed by atoms with Gasteiger partial charge < -0.3 is 5.32 Å². The fourth-order valence-electron chi connectivity index (χ4n) is 2.51. The van der Waals surface area contributed by atoms with Crippen LogP contribution in [0.1, 0.15) is 22.7 Å². The summed E-state index contributed by atoms with van der Waals surface area (Å²) >= 11 is 0. The largest absolute Gasteiger partial charge is 0.378 e. The van der Waals surface area contributed by atoms with E-state index >= 15 is 0 Å². The number of fused-ring (bicyclic) bond motifs is 1. The maximum atomic E-state index is 13.6. The molecule has 2 aromatic carbocycles. The van der Waals surface area contributed by atoms with Crippen LogP contribution >= 0.6 is 0 Å². The molecular weight excluding hydrogens is 213 g/mol. The average molecular weight is 227 g/mol. The number of aryl methyl sites for hydroxylation is 1. The van der Waals surface area contributed by atoms with Crippen LogP contribution in [0.25, 0.3) is 0 Å². The maximum Gasteiger partial charge on any atom is 0.128 e. The van der Waals surface area contributed by atoms with E-state index in [1.807, 2.05) is 18.2 Å². The van der Waals surface area contributed by atoms with Gasteiger partial charge >= 0.3 is 0 Å². The Morgan fingerprint density at radius 1 is 1.12 bits per heavy atom. The van der Waals surface area contributed by atoms with Crippen molar-refractivity contribution in [3.05, 3.63) is 65.0 Å². The van der Waals surface area contributed by atoms with Crippen molar-refractivity contribution in [2.24, 2.45) is 0 Å². The molecule has 0 saturated carbocycles. The number of benzene rings is 2. The lowest BCUT2D eigenvalue weighted by Gasteiger charge is -2.14. The molecule has 3 rings (SSSR count). The highest BCUT2D eigenvalue weighted by molar-refractivity contribution is 5.59. The summed E-state index contributed by atoms with van der Waals surface area (Å²) in [6, 6.07) is 13.7. The fraction of sp³-hybridized carbons (Fsp3) is 0.200. The normalized spacial score (nSPS) is 17.6. The second-order valence-electron chi connectivity index (χ2n) is 4.52. The summed E-state index contributed by atoms with van der Waals surface area (Å²) in [6.07, 6.45) is 0.729. The first-order chi connectivity index (χ1) is 8.25. The smallest absolute Gasteiger partial charge is 0.128 e. The van der Waals surface area contributed by atoms with Gasteiger partial charge in [-0.1, -0.05) is 30.3 Å². The van der Waals surface area contributed by atoms with Crippen LogP contribution in [0, 0.1) is 12.7 Å². The number of halogens is 1. The zero-order valence-corrected chi connectivity index (χ0v) is 9.70. The zero-order valence-electron chi connectivity index (χ0n) is 9.70. The van der Waals surface area contributed by atoms with Gasteiger partial charge in [0.25, 0.3) is 0 Å². The van der Waals surface area contributed by atoms with E-state index in [0.717, 1.165) is 17.7 Å². The summed E-state index contributed by atoms with van der Waals surface area (Å²) in [7, 11) is 0. The van der Waals surface area contributed by atoms with Crippen LogP contribution in [0.3, 0.4) is 0 Å². The minimum Gasteiger partial charge on any atom is -0.378 e. The van der Waals surface area contributed by atoms with Gasteiger partial charge in [0, 0.05) is 17.7 Å². The zero-order chi connectivity index (χ0) is 11.8. The molecule has 0 spiro atoms. The first-order valence-electron chi connectivity index (χ1n) is 5.85. The van der Waals surface area contributed by atoms with Crippen molar-refractivity contribution >= 4 is 5.69 Å². The van der Waals surface area contributed by atoms with Gasteiger partial charge in [-0.15, -0.1) is 0 Å². The standard InChI is InChI=1S/C15H14FN/c1-10-5-2-3-6-11(10)15-9-12-13(16)7-4-8-14(12)17-15/h2-8,15,17H,9H2,1H3. The van der Waals surface area contributed by atoms with Crippen molar-refractivity contribution in [1.82, 2.24) is 0 Å². The lowest BCUT2D eigenvalue weighted by Crippen LogP contribution is -2.07. The van der Waals surface area contributed by atoms with E-state index in [9.17, 15) is 4.39 Å². The van der Waals surface area contributed by atoms with Crippen LogP contribution in [-0.4, -0.2) is 0 Å². The number of hydrogen-bond acceptors (Lipinski definition) is 1. The van der Waals surface area contributed by atoms with Crippen molar-refractivity contribution in [3.63, 3.8) is 0 Å². The number of anilines is 1. The van der Waals surface area contributed by atoms with Crippen molar-refractivity contribution < 1.29 is 4.39 Å². The van der Waals surface area contributed by atoms with Crippen LogP contribution in [-0.2, 0) is 6.42 Å². The highest BCUT2D eigenvalue weighted by atomic mass is 19.1. The van der Waals surface area contributed by atoms with E-state index < -0.39 is 0 Å². The van der Waals surface area contributed by atoms with Gasteiger partial charge in [-0.25, -0.2) is 4.39 Å². The van der Waals surface area contributed by atoms with Crippen LogP contribution in [0.5, 0.6) is 0 Å². The molecule has 0 amide bonds. The molecule has 17 heavy (non-hydrogen) atoms. The number of rotatable bonds is 1. The molecule has 2 heteroatoms. The van der Waals surface area contributed by atoms with Gasteiger partial charge in [-0.2, -0.15) is 0 Å². The van der Waals surface area contributed by atoms with Crippen LogP contribution in [0.2, 0.25) is 0 Å². The molecule has 1 N–H and O–H groups in total. The Morgan fingerprint density at radius 2 is 1.94 bits per heavy atom. The number of hydrogen-bond donors (Lipinski definition) is 1. The summed E-state index contributed by atoms with van der Waals surface area (Å²) in [6.45, 7) is 2.09. The molecule has 86 valence electrons. The summed E-state index contributed by atoms with van der Waals surface area (Å²) in [5, 5.41) is 3.39. The summed E-state index contributed by atoms with van der Waals surface area (Å²) in [4.78, 5) is 0. The molecule has 0 saturated heterocycles. The van der Waals surface area contributed by atoms with Crippen molar-refractivity contribution in [2.75, 3.05) is 5.32 Å². The minimum absolute atomic E-state index is 0.105. The van der Waals surface area contributed by atoms with Gasteiger partial charge in [0.1, 0.15) is 5.82 Å². The second kappa shape index (κ2) is 3.88. The monoisotopic (exact) mass is 227 g/mol. The molecule has 1 aliphatic heterocycles. The first-order valence-corrected chi connectivity index (χ1v) is 5.85. The van der Waals surface area contributed by atoms with Gasteiger partial charge in [0.15, 0.2) is 0 Å². The third-order valence-electron chi connectivity index (χ3n) is 3.42. The second-order valence-corrected chi connectivity index (χ2v) is 4.52. The fourth-order valence-corrected chi connectivity index (χ4v) is 2.51. The van der Waals surface area contributed by atoms with Crippen LogP contribution < -0.4 is 5.32 Å². The first kappa shape index (κ1) is 10.3. The van der Waals surface area contributed by atoms with Crippen molar-refractivity contribution in [1.29, 1.82) is 0 Å². The Kier molecular flexibility index (Phi) is 2.36. The molecule has 0 radical (unpaired) electrons.